The Bertz CT molecular complexity index is 1370. The van der Waals surface area contributed by atoms with Crippen molar-refractivity contribution in [2.24, 2.45) is 5.92 Å². The van der Waals surface area contributed by atoms with Crippen LogP contribution in [0.3, 0.4) is 0 Å². The number of nitrogens with two attached hydrogens (primary N) is 1. The number of piperidine rings is 1. The van der Waals surface area contributed by atoms with Gasteiger partial charge in [0.05, 0.1) is 38.1 Å². The van der Waals surface area contributed by atoms with Crippen LogP contribution in [0.2, 0.25) is 0 Å². The minimum Gasteiger partial charge on any atom is -0.542 e. The minimum absolute atomic E-state index is 0.0329. The monoisotopic (exact) mass is 670 g/mol. The lowest BCUT2D eigenvalue weighted by Gasteiger charge is -2.44. The molecular formula is C30H31F9N2O5. The van der Waals surface area contributed by atoms with Crippen LogP contribution >= 0.6 is 0 Å². The molecule has 0 unspecified atom stereocenters. The molecular weight excluding hydrogens is 639 g/mol. The molecule has 3 aliphatic heterocycles. The van der Waals surface area contributed by atoms with E-state index in [9.17, 15) is 44.3 Å². The van der Waals surface area contributed by atoms with Crippen LogP contribution < -0.4 is 15.2 Å². The van der Waals surface area contributed by atoms with Crippen LogP contribution in [0.15, 0.2) is 48.5 Å². The quantitative estimate of drug-likeness (QED) is 0.491. The Kier molecular flexibility index (Phi) is 10.5. The van der Waals surface area contributed by atoms with Crippen LogP contribution in [0.4, 0.5) is 39.5 Å². The van der Waals surface area contributed by atoms with Crippen LogP contribution in [-0.4, -0.2) is 74.2 Å². The zero-order valence-electron chi connectivity index (χ0n) is 24.2. The second kappa shape index (κ2) is 13.7. The van der Waals surface area contributed by atoms with E-state index in [0.29, 0.717) is 30.6 Å². The first-order chi connectivity index (χ1) is 21.4. The fraction of sp³-hybridized carbons (Fsp3) is 0.533. The number of fused-ring (bicyclic) bond motifs is 2. The predicted octanol–water partition coefficient (Wildman–Crippen LogP) is 3.61. The SMILES string of the molecule is O=C([C@@H]1C[NH2+]C[C@]12COCc1c(OCC(F)(F)F)cccc12)N1CC[C@@H](c2ccccc2)C[C@H]1CC(F)(F)F.O=C([O-])C(F)(F)F. The molecule has 2 fully saturated rings. The number of amides is 1. The average molecular weight is 671 g/mol. The van der Waals surface area contributed by atoms with E-state index in [4.69, 9.17) is 19.4 Å². The Morgan fingerprint density at radius 2 is 1.65 bits per heavy atom. The first-order valence-corrected chi connectivity index (χ1v) is 14.3. The van der Waals surface area contributed by atoms with Crippen molar-refractivity contribution in [3.63, 3.8) is 0 Å². The molecule has 0 saturated carbocycles. The van der Waals surface area contributed by atoms with Gasteiger partial charge in [0.1, 0.15) is 17.6 Å². The summed E-state index contributed by atoms with van der Waals surface area (Å²) >= 11 is 0. The molecule has 46 heavy (non-hydrogen) atoms. The molecule has 0 radical (unpaired) electrons. The van der Waals surface area contributed by atoms with Crippen molar-refractivity contribution in [3.05, 3.63) is 65.2 Å². The van der Waals surface area contributed by atoms with E-state index in [-0.39, 0.29) is 43.8 Å². The van der Waals surface area contributed by atoms with E-state index in [1.54, 1.807) is 12.1 Å². The van der Waals surface area contributed by atoms with Crippen LogP contribution in [0.1, 0.15) is 41.9 Å². The molecule has 4 atom stereocenters. The van der Waals surface area contributed by atoms with Gasteiger partial charge in [-0.2, -0.15) is 39.5 Å². The van der Waals surface area contributed by atoms with Crippen molar-refractivity contribution in [2.45, 2.75) is 61.8 Å². The highest BCUT2D eigenvalue weighted by Crippen LogP contribution is 2.45. The predicted molar refractivity (Wildman–Crippen MR) is 140 cm³/mol. The first kappa shape index (κ1) is 35.3. The summed E-state index contributed by atoms with van der Waals surface area (Å²) in [6.07, 6.45) is -14.5. The van der Waals surface area contributed by atoms with Gasteiger partial charge in [0.25, 0.3) is 0 Å². The molecule has 5 rings (SSSR count). The zero-order valence-corrected chi connectivity index (χ0v) is 24.2. The minimum atomic E-state index is -5.19. The van der Waals surface area contributed by atoms with Crippen molar-refractivity contribution < 1.29 is 69.0 Å². The lowest BCUT2D eigenvalue weighted by molar-refractivity contribution is -0.640. The smallest absolute Gasteiger partial charge is 0.430 e. The summed E-state index contributed by atoms with van der Waals surface area (Å²) in [5.74, 6) is -4.09. The van der Waals surface area contributed by atoms with Crippen molar-refractivity contribution in [1.82, 2.24) is 4.90 Å². The molecule has 16 heteroatoms. The van der Waals surface area contributed by atoms with Gasteiger partial charge in [0.15, 0.2) is 6.61 Å². The van der Waals surface area contributed by atoms with Crippen molar-refractivity contribution >= 4 is 11.9 Å². The zero-order chi connectivity index (χ0) is 33.9. The highest BCUT2D eigenvalue weighted by atomic mass is 19.4. The number of quaternary nitrogens is 1. The molecule has 2 aromatic rings. The average Bonchev–Trinajstić information content (AvgIpc) is 3.39. The second-order valence-corrected chi connectivity index (χ2v) is 11.5. The standard InChI is InChI=1S/C28H30F6N2O3.C2HF3O2/c29-27(30,31)12-20-11-19(18-5-2-1-3-6-18)9-10-36(20)25(37)23-13-35-15-26(23)16-38-14-21-22(26)7-4-8-24(21)39-17-28(32,33)34;3-2(4,5)1(6)7/h1-8,19-20,23,35H,9-17H2;(H,6,7)/t19-,20+,23+,26-;/m1./s1. The van der Waals surface area contributed by atoms with Gasteiger partial charge in [0.2, 0.25) is 5.91 Å². The van der Waals surface area contributed by atoms with Gasteiger partial charge in [-0.15, -0.1) is 0 Å². The lowest BCUT2D eigenvalue weighted by atomic mass is 9.69. The maximum absolute atomic E-state index is 14.1. The van der Waals surface area contributed by atoms with Gasteiger partial charge in [-0.1, -0.05) is 42.5 Å². The third-order valence-corrected chi connectivity index (χ3v) is 8.51. The lowest BCUT2D eigenvalue weighted by Crippen LogP contribution is -2.82. The van der Waals surface area contributed by atoms with E-state index >= 15 is 0 Å². The van der Waals surface area contributed by atoms with Crippen molar-refractivity contribution in [3.8, 4) is 5.75 Å². The summed E-state index contributed by atoms with van der Waals surface area (Å²) in [6, 6.07) is 13.2. The van der Waals surface area contributed by atoms with Crippen molar-refractivity contribution in [2.75, 3.05) is 32.8 Å². The number of hydrogen-bond acceptors (Lipinski definition) is 5. The number of carbonyl (C=O) groups excluding carboxylic acids is 2. The number of carboxylic acids is 1. The van der Waals surface area contributed by atoms with Crippen molar-refractivity contribution in [1.29, 1.82) is 0 Å². The number of nitrogens with zero attached hydrogens (tertiary/aromatic N) is 1. The Labute approximate surface area is 257 Å². The molecule has 0 bridgehead atoms. The van der Waals surface area contributed by atoms with Gasteiger partial charge >= 0.3 is 18.5 Å². The van der Waals surface area contributed by atoms with E-state index in [1.165, 1.54) is 11.0 Å². The summed E-state index contributed by atoms with van der Waals surface area (Å²) in [6.45, 7) is -0.282. The molecule has 3 aliphatic rings. The molecule has 2 aromatic carbocycles. The normalized spacial score (nSPS) is 25.0. The summed E-state index contributed by atoms with van der Waals surface area (Å²) in [7, 11) is 0. The number of hydrogen-bond donors (Lipinski definition) is 1. The number of carbonyl (C=O) groups is 2. The number of rotatable bonds is 5. The molecule has 1 amide bonds. The van der Waals surface area contributed by atoms with Crippen LogP contribution in [0, 0.1) is 5.92 Å². The summed E-state index contributed by atoms with van der Waals surface area (Å²) < 4.78 is 122. The molecule has 2 N–H and O–H groups in total. The Morgan fingerprint density at radius 1 is 0.978 bits per heavy atom. The second-order valence-electron chi connectivity index (χ2n) is 11.5. The number of halogens is 9. The third kappa shape index (κ3) is 8.43. The Balaban J connectivity index is 0.000000617. The van der Waals surface area contributed by atoms with Gasteiger partial charge in [0, 0.05) is 18.2 Å². The fourth-order valence-corrected chi connectivity index (χ4v) is 6.59. The number of likely N-dealkylation sites (tertiary alicyclic amines) is 1. The summed E-state index contributed by atoms with van der Waals surface area (Å²) in [4.78, 5) is 24.3. The number of carboxylic acid groups (broad SMARTS) is 1. The molecule has 7 nitrogen and oxygen atoms in total. The fourth-order valence-electron chi connectivity index (χ4n) is 6.59. The van der Waals surface area contributed by atoms with Crippen LogP contribution in [0.25, 0.3) is 0 Å². The molecule has 0 aliphatic carbocycles. The molecule has 0 aromatic heterocycles. The molecule has 1 spiro atoms. The summed E-state index contributed by atoms with van der Waals surface area (Å²) in [5.41, 5.74) is 1.22. The number of benzene rings is 2. The van der Waals surface area contributed by atoms with Crippen LogP contribution in [0.5, 0.6) is 5.75 Å². The van der Waals surface area contributed by atoms with E-state index in [0.717, 1.165) is 5.56 Å². The van der Waals surface area contributed by atoms with Gasteiger partial charge in [-0.05, 0) is 36.0 Å². The van der Waals surface area contributed by atoms with E-state index in [1.807, 2.05) is 35.6 Å². The number of aliphatic carboxylic acids is 1. The highest BCUT2D eigenvalue weighted by Gasteiger charge is 2.56. The maximum Gasteiger partial charge on any atom is 0.430 e. The molecule has 2 saturated heterocycles. The van der Waals surface area contributed by atoms with Gasteiger partial charge < -0.3 is 29.6 Å². The first-order valence-electron chi connectivity index (χ1n) is 14.3. The Hall–Kier alpha value is -3.53. The highest BCUT2D eigenvalue weighted by molar-refractivity contribution is 5.82. The number of ether oxygens (including phenoxy) is 2. The Morgan fingerprint density at radius 3 is 2.26 bits per heavy atom. The van der Waals surface area contributed by atoms with E-state index in [2.05, 4.69) is 0 Å². The maximum atomic E-state index is 14.1. The topological polar surface area (TPSA) is 95.5 Å². The third-order valence-electron chi connectivity index (χ3n) is 8.51. The summed E-state index contributed by atoms with van der Waals surface area (Å²) in [5, 5.41) is 10.7. The van der Waals surface area contributed by atoms with E-state index < -0.39 is 54.9 Å². The number of alkyl halides is 9. The largest absolute Gasteiger partial charge is 0.542 e. The van der Waals surface area contributed by atoms with Crippen LogP contribution in [-0.2, 0) is 26.3 Å². The molecule has 3 heterocycles. The molecule has 254 valence electrons. The van der Waals surface area contributed by atoms with Gasteiger partial charge in [-0.3, -0.25) is 4.79 Å². The van der Waals surface area contributed by atoms with Gasteiger partial charge in [-0.25, -0.2) is 0 Å².